The highest BCUT2D eigenvalue weighted by molar-refractivity contribution is 6.03. The number of hydrogen-bond donors (Lipinski definition) is 2. The highest BCUT2D eigenvalue weighted by atomic mass is 16.5. The molecule has 2 aromatic rings. The van der Waals surface area contributed by atoms with Crippen molar-refractivity contribution in [1.82, 2.24) is 15.1 Å². The molecule has 0 saturated carbocycles. The van der Waals surface area contributed by atoms with E-state index in [1.54, 1.807) is 20.0 Å². The minimum absolute atomic E-state index is 0.102. The zero-order valence-corrected chi connectivity index (χ0v) is 12.9. The highest BCUT2D eigenvalue weighted by Gasteiger charge is 2.22. The second kappa shape index (κ2) is 6.77. The topological polar surface area (TPSA) is 115 Å². The summed E-state index contributed by atoms with van der Waals surface area (Å²) in [6.07, 6.45) is 1.36. The molecule has 0 fully saturated rings. The van der Waals surface area contributed by atoms with Gasteiger partial charge in [0.15, 0.2) is 11.5 Å². The Balaban J connectivity index is 2.03. The predicted molar refractivity (Wildman–Crippen MR) is 79.0 cm³/mol. The van der Waals surface area contributed by atoms with E-state index in [9.17, 15) is 14.4 Å². The molecule has 2 aromatic heterocycles. The quantitative estimate of drug-likeness (QED) is 0.774. The van der Waals surface area contributed by atoms with Gasteiger partial charge in [-0.2, -0.15) is 5.10 Å². The lowest BCUT2D eigenvalue weighted by atomic mass is 10.3. The van der Waals surface area contributed by atoms with E-state index in [1.165, 1.54) is 24.1 Å². The van der Waals surface area contributed by atoms with Gasteiger partial charge in [-0.1, -0.05) is 0 Å². The molecule has 122 valence electrons. The number of rotatable bonds is 5. The van der Waals surface area contributed by atoms with E-state index >= 15 is 0 Å². The molecule has 0 saturated heterocycles. The van der Waals surface area contributed by atoms with Crippen LogP contribution < -0.4 is 10.6 Å². The second-order valence-corrected chi connectivity index (χ2v) is 4.63. The van der Waals surface area contributed by atoms with E-state index in [0.29, 0.717) is 5.69 Å². The third kappa shape index (κ3) is 3.57. The van der Waals surface area contributed by atoms with Crippen LogP contribution in [0.5, 0.6) is 0 Å². The van der Waals surface area contributed by atoms with Crippen LogP contribution in [0.25, 0.3) is 0 Å². The summed E-state index contributed by atoms with van der Waals surface area (Å²) < 4.78 is 10.9. The fraction of sp³-hybridized carbons (Fsp3) is 0.286. The van der Waals surface area contributed by atoms with Gasteiger partial charge < -0.3 is 19.8 Å². The van der Waals surface area contributed by atoms with Gasteiger partial charge >= 0.3 is 5.97 Å². The Kier molecular flexibility index (Phi) is 4.79. The molecule has 0 bridgehead atoms. The van der Waals surface area contributed by atoms with Gasteiger partial charge in [0, 0.05) is 7.05 Å². The number of amides is 2. The number of aryl methyl sites for hydroxylation is 2. The molecular formula is C14H16N4O5. The number of hydrogen-bond acceptors (Lipinski definition) is 6. The Hall–Kier alpha value is -3.10. The van der Waals surface area contributed by atoms with Gasteiger partial charge in [-0.05, 0) is 19.1 Å². The molecule has 2 rings (SSSR count). The van der Waals surface area contributed by atoms with Crippen LogP contribution in [0.3, 0.4) is 0 Å². The second-order valence-electron chi connectivity index (χ2n) is 4.63. The maximum Gasteiger partial charge on any atom is 0.358 e. The van der Waals surface area contributed by atoms with Crippen molar-refractivity contribution in [2.24, 2.45) is 7.05 Å². The maximum atomic E-state index is 12.0. The van der Waals surface area contributed by atoms with Gasteiger partial charge in [-0.15, -0.1) is 0 Å². The molecule has 0 atom stereocenters. The minimum atomic E-state index is -0.622. The van der Waals surface area contributed by atoms with Crippen molar-refractivity contribution < 1.29 is 23.5 Å². The molecule has 23 heavy (non-hydrogen) atoms. The lowest BCUT2D eigenvalue weighted by Crippen LogP contribution is -2.33. The van der Waals surface area contributed by atoms with E-state index in [0.717, 1.165) is 0 Å². The number of carbonyl (C=O) groups excluding carboxylic acids is 3. The van der Waals surface area contributed by atoms with Crippen LogP contribution in [0.15, 0.2) is 22.8 Å². The van der Waals surface area contributed by atoms with Gasteiger partial charge in [0.1, 0.15) is 0 Å². The summed E-state index contributed by atoms with van der Waals surface area (Å²) in [7, 11) is 2.80. The van der Waals surface area contributed by atoms with Gasteiger partial charge in [0.25, 0.3) is 5.91 Å². The van der Waals surface area contributed by atoms with Gasteiger partial charge in [-0.25, -0.2) is 4.79 Å². The molecule has 9 nitrogen and oxygen atoms in total. The highest BCUT2D eigenvalue weighted by Crippen LogP contribution is 2.20. The van der Waals surface area contributed by atoms with E-state index in [-0.39, 0.29) is 23.7 Å². The molecule has 0 radical (unpaired) electrons. The van der Waals surface area contributed by atoms with E-state index in [1.807, 2.05) is 0 Å². The molecule has 2 heterocycles. The molecule has 0 aliphatic carbocycles. The number of anilines is 1. The van der Waals surface area contributed by atoms with E-state index in [4.69, 9.17) is 4.42 Å². The third-order valence-electron chi connectivity index (χ3n) is 3.02. The number of esters is 1. The average Bonchev–Trinajstić information content (AvgIpc) is 3.13. The standard InChI is InChI=1S/C14H16N4O5/c1-8-11(12(14(21)22-3)18(2)17-8)16-10(19)7-15-13(20)9-5-4-6-23-9/h4-6H,7H2,1-3H3,(H,15,20)(H,16,19). The monoisotopic (exact) mass is 320 g/mol. The van der Waals surface area contributed by atoms with Crippen LogP contribution in [0.4, 0.5) is 5.69 Å². The fourth-order valence-corrected chi connectivity index (χ4v) is 1.98. The van der Waals surface area contributed by atoms with Crippen LogP contribution in [0.1, 0.15) is 26.7 Å². The van der Waals surface area contributed by atoms with Crippen molar-refractivity contribution in [3.8, 4) is 0 Å². The number of carbonyl (C=O) groups is 3. The molecule has 0 unspecified atom stereocenters. The zero-order valence-electron chi connectivity index (χ0n) is 12.9. The Bertz CT molecular complexity index is 733. The first-order valence-electron chi connectivity index (χ1n) is 6.67. The summed E-state index contributed by atoms with van der Waals surface area (Å²) in [4.78, 5) is 35.4. The van der Waals surface area contributed by atoms with Crippen molar-refractivity contribution >= 4 is 23.5 Å². The van der Waals surface area contributed by atoms with E-state index < -0.39 is 17.8 Å². The van der Waals surface area contributed by atoms with Crippen molar-refractivity contribution in [3.63, 3.8) is 0 Å². The molecule has 0 aliphatic heterocycles. The lowest BCUT2D eigenvalue weighted by Gasteiger charge is -2.07. The van der Waals surface area contributed by atoms with E-state index in [2.05, 4.69) is 20.5 Å². The summed E-state index contributed by atoms with van der Waals surface area (Å²) in [6.45, 7) is 1.36. The fourth-order valence-electron chi connectivity index (χ4n) is 1.98. The summed E-state index contributed by atoms with van der Waals surface area (Å²) in [6, 6.07) is 3.05. The molecular weight excluding hydrogens is 304 g/mol. The third-order valence-corrected chi connectivity index (χ3v) is 3.02. The number of furan rings is 1. The van der Waals surface area contributed by atoms with Gasteiger partial charge in [-0.3, -0.25) is 14.3 Å². The minimum Gasteiger partial charge on any atom is -0.464 e. The Morgan fingerprint density at radius 3 is 2.74 bits per heavy atom. The van der Waals surface area contributed by atoms with Crippen molar-refractivity contribution in [2.75, 3.05) is 19.0 Å². The number of methoxy groups -OCH3 is 1. The van der Waals surface area contributed by atoms with Crippen LogP contribution in [-0.2, 0) is 16.6 Å². The molecule has 0 spiro atoms. The summed E-state index contributed by atoms with van der Waals surface area (Å²) >= 11 is 0. The smallest absolute Gasteiger partial charge is 0.358 e. The van der Waals surface area contributed by atoms with Crippen LogP contribution in [-0.4, -0.2) is 41.2 Å². The molecule has 2 amide bonds. The van der Waals surface area contributed by atoms with Gasteiger partial charge in [0.05, 0.1) is 31.3 Å². The van der Waals surface area contributed by atoms with Crippen LogP contribution >= 0.6 is 0 Å². The Morgan fingerprint density at radius 2 is 2.13 bits per heavy atom. The lowest BCUT2D eigenvalue weighted by molar-refractivity contribution is -0.115. The van der Waals surface area contributed by atoms with Crippen molar-refractivity contribution in [3.05, 3.63) is 35.5 Å². The largest absolute Gasteiger partial charge is 0.464 e. The van der Waals surface area contributed by atoms with Crippen molar-refractivity contribution in [1.29, 1.82) is 0 Å². The molecule has 9 heteroatoms. The zero-order chi connectivity index (χ0) is 17.0. The SMILES string of the molecule is COC(=O)c1c(NC(=O)CNC(=O)c2ccco2)c(C)nn1C. The normalized spacial score (nSPS) is 10.2. The summed E-state index contributed by atoms with van der Waals surface area (Å²) in [5.74, 6) is -1.54. The number of ether oxygens (including phenoxy) is 1. The van der Waals surface area contributed by atoms with Gasteiger partial charge in [0.2, 0.25) is 5.91 Å². The summed E-state index contributed by atoms with van der Waals surface area (Å²) in [5.41, 5.74) is 0.825. The molecule has 0 aromatic carbocycles. The van der Waals surface area contributed by atoms with Crippen LogP contribution in [0.2, 0.25) is 0 Å². The maximum absolute atomic E-state index is 12.0. The number of nitrogens with one attached hydrogen (secondary N) is 2. The van der Waals surface area contributed by atoms with Crippen LogP contribution in [0, 0.1) is 6.92 Å². The van der Waals surface area contributed by atoms with Crippen molar-refractivity contribution in [2.45, 2.75) is 6.92 Å². The number of nitrogens with zero attached hydrogens (tertiary/aromatic N) is 2. The molecule has 0 aliphatic rings. The first-order valence-corrected chi connectivity index (χ1v) is 6.67. The number of aromatic nitrogens is 2. The Morgan fingerprint density at radius 1 is 1.39 bits per heavy atom. The molecule has 2 N–H and O–H groups in total. The Labute approximate surface area is 131 Å². The predicted octanol–water partition coefficient (Wildman–Crippen LogP) is 0.477. The average molecular weight is 320 g/mol. The summed E-state index contributed by atoms with van der Waals surface area (Å²) in [5, 5.41) is 9.02. The first kappa shape index (κ1) is 16.3. The first-order chi connectivity index (χ1) is 10.9.